The Bertz CT molecular complexity index is 2160. The monoisotopic (exact) mass is 854 g/mol. The number of ether oxygens (including phenoxy) is 5. The number of carbonyl (C=O) groups is 4. The Balaban J connectivity index is 1.02. The highest BCUT2D eigenvalue weighted by molar-refractivity contribution is 5.87. The van der Waals surface area contributed by atoms with Crippen molar-refractivity contribution in [3.8, 4) is 33.6 Å². The van der Waals surface area contributed by atoms with Crippen LogP contribution in [0.25, 0.3) is 33.6 Å². The zero-order valence-electron chi connectivity index (χ0n) is 36.3. The molecule has 332 valence electrons. The number of alkyl carbamates (subject to hydrolysis) is 2. The Morgan fingerprint density at radius 3 is 1.97 bits per heavy atom. The van der Waals surface area contributed by atoms with E-state index >= 15 is 0 Å². The van der Waals surface area contributed by atoms with Gasteiger partial charge >= 0.3 is 12.2 Å². The second kappa shape index (κ2) is 19.5. The average molecular weight is 855 g/mol. The molecule has 0 aliphatic carbocycles. The van der Waals surface area contributed by atoms with Crippen molar-refractivity contribution in [2.24, 2.45) is 11.8 Å². The van der Waals surface area contributed by atoms with E-state index < -0.39 is 36.1 Å². The molecule has 4 amide bonds. The lowest BCUT2D eigenvalue weighted by atomic mass is 9.90. The minimum absolute atomic E-state index is 0.0364. The first-order valence-electron chi connectivity index (χ1n) is 21.3. The summed E-state index contributed by atoms with van der Waals surface area (Å²) in [5.74, 6) is -0.418. The van der Waals surface area contributed by atoms with Gasteiger partial charge in [0.05, 0.1) is 69.8 Å². The number of hydrogen-bond acceptors (Lipinski definition) is 11. The first-order valence-corrected chi connectivity index (χ1v) is 21.3. The van der Waals surface area contributed by atoms with Crippen LogP contribution >= 0.6 is 0 Å². The van der Waals surface area contributed by atoms with Crippen molar-refractivity contribution in [2.45, 2.75) is 83.3 Å². The lowest BCUT2D eigenvalue weighted by molar-refractivity contribution is -0.172. The van der Waals surface area contributed by atoms with Crippen LogP contribution in [0, 0.1) is 11.8 Å². The number of rotatable bonds is 14. The lowest BCUT2D eigenvalue weighted by Crippen LogP contribution is -2.55. The first kappa shape index (κ1) is 44.3. The molecule has 4 aromatic rings. The zero-order chi connectivity index (χ0) is 44.0. The average Bonchev–Trinajstić information content (AvgIpc) is 4.14. The van der Waals surface area contributed by atoms with E-state index in [1.54, 1.807) is 24.2 Å². The number of amides is 4. The molecule has 3 fully saturated rings. The standard InChI is InChI=1S/C45H58N8O9/c1-27(2)37(50-43(56)58-5)41(54)53(26-45(4)61-22-23-62-45)28(3)39-46-24-34(48-39)31-13-9-29(10-14-31)30-11-15-32(16-12-30)35-25-47-40(49-35)36-8-7-19-52(36)42(55)38(51-44(57)59-6)33-17-20-60-21-18-33/h9-16,24-25,27-28,33,36-38H,7-8,17-23,26H2,1-6H3,(H,46,48)(H,47,49)(H,50,56)(H,51,57)/t28-,36-,37-,38-/m0/s1. The molecule has 0 spiro atoms. The van der Waals surface area contributed by atoms with Gasteiger partial charge in [-0.25, -0.2) is 19.6 Å². The van der Waals surface area contributed by atoms with Crippen LogP contribution in [0.1, 0.15) is 77.1 Å². The summed E-state index contributed by atoms with van der Waals surface area (Å²) >= 11 is 0. The smallest absolute Gasteiger partial charge is 0.407 e. The summed E-state index contributed by atoms with van der Waals surface area (Å²) < 4.78 is 26.9. The molecular weight excluding hydrogens is 797 g/mol. The number of nitrogens with zero attached hydrogens (tertiary/aromatic N) is 4. The van der Waals surface area contributed by atoms with Crippen molar-refractivity contribution in [3.63, 3.8) is 0 Å². The van der Waals surface area contributed by atoms with Gasteiger partial charge in [0, 0.05) is 19.8 Å². The fourth-order valence-electron chi connectivity index (χ4n) is 8.53. The Morgan fingerprint density at radius 2 is 1.37 bits per heavy atom. The molecule has 0 unspecified atom stereocenters. The van der Waals surface area contributed by atoms with Crippen molar-refractivity contribution in [2.75, 3.05) is 53.7 Å². The Morgan fingerprint density at radius 1 is 0.806 bits per heavy atom. The van der Waals surface area contributed by atoms with Crippen molar-refractivity contribution in [3.05, 3.63) is 72.6 Å². The first-order chi connectivity index (χ1) is 29.9. The molecule has 4 atom stereocenters. The highest BCUT2D eigenvalue weighted by Gasteiger charge is 2.42. The minimum atomic E-state index is -1.01. The number of H-pyrrole nitrogens is 2. The normalized spacial score (nSPS) is 19.1. The maximum absolute atomic E-state index is 14.1. The fraction of sp³-hybridized carbons (Fsp3) is 0.511. The van der Waals surface area contributed by atoms with Gasteiger partial charge in [0.1, 0.15) is 23.7 Å². The highest BCUT2D eigenvalue weighted by Crippen LogP contribution is 2.35. The minimum Gasteiger partial charge on any atom is -0.453 e. The summed E-state index contributed by atoms with van der Waals surface area (Å²) in [4.78, 5) is 72.3. The molecule has 3 aliphatic heterocycles. The quantitative estimate of drug-likeness (QED) is 0.116. The molecule has 3 aliphatic rings. The SMILES string of the molecule is COC(=O)N[C@H](C(=O)N(CC1(C)OCCO1)[C@@H](C)c1ncc(-c2ccc(-c3ccc(-c4cnc([C@@H]5CCCN5C(=O)[C@@H](NC(=O)OC)C5CCOCC5)[nH]4)cc3)cc2)[nH]1)C(C)C. The highest BCUT2D eigenvalue weighted by atomic mass is 16.7. The third kappa shape index (κ3) is 9.95. The van der Waals surface area contributed by atoms with Crippen LogP contribution in [0.4, 0.5) is 9.59 Å². The fourth-order valence-corrected chi connectivity index (χ4v) is 8.53. The van der Waals surface area contributed by atoms with Crippen molar-refractivity contribution >= 4 is 24.0 Å². The number of aromatic amines is 2. The number of nitrogens with one attached hydrogen (secondary N) is 4. The van der Waals surface area contributed by atoms with Gasteiger partial charge < -0.3 is 54.1 Å². The maximum atomic E-state index is 14.1. The van der Waals surface area contributed by atoms with E-state index in [0.717, 1.165) is 46.5 Å². The number of carbonyl (C=O) groups excluding carboxylic acids is 4. The van der Waals surface area contributed by atoms with E-state index in [0.29, 0.717) is 57.5 Å². The van der Waals surface area contributed by atoms with Gasteiger partial charge in [-0.3, -0.25) is 9.59 Å². The molecule has 17 heteroatoms. The largest absolute Gasteiger partial charge is 0.453 e. The van der Waals surface area contributed by atoms with Crippen LogP contribution in [-0.4, -0.2) is 125 Å². The Kier molecular flexibility index (Phi) is 13.9. The molecule has 4 N–H and O–H groups in total. The molecule has 2 aromatic carbocycles. The summed E-state index contributed by atoms with van der Waals surface area (Å²) in [6, 6.07) is 14.1. The van der Waals surface area contributed by atoms with Crippen molar-refractivity contribution in [1.82, 2.24) is 40.4 Å². The van der Waals surface area contributed by atoms with Crippen molar-refractivity contribution in [1.29, 1.82) is 0 Å². The number of likely N-dealkylation sites (tertiary alicyclic amines) is 1. The maximum Gasteiger partial charge on any atom is 0.407 e. The second-order valence-electron chi connectivity index (χ2n) is 16.6. The summed E-state index contributed by atoms with van der Waals surface area (Å²) in [7, 11) is 2.57. The summed E-state index contributed by atoms with van der Waals surface area (Å²) in [5, 5.41) is 5.49. The second-order valence-corrected chi connectivity index (χ2v) is 16.6. The molecule has 2 aromatic heterocycles. The van der Waals surface area contributed by atoms with Crippen LogP contribution in [0.3, 0.4) is 0 Å². The number of hydrogen-bond donors (Lipinski definition) is 4. The zero-order valence-corrected chi connectivity index (χ0v) is 36.3. The lowest BCUT2D eigenvalue weighted by Gasteiger charge is -2.37. The Labute approximate surface area is 361 Å². The molecule has 3 saturated heterocycles. The summed E-state index contributed by atoms with van der Waals surface area (Å²) in [6.45, 7) is 10.0. The number of benzene rings is 2. The van der Waals surface area contributed by atoms with Gasteiger partial charge in [0.25, 0.3) is 0 Å². The molecule has 7 rings (SSSR count). The molecule has 0 radical (unpaired) electrons. The molecule has 0 saturated carbocycles. The molecule has 17 nitrogen and oxygen atoms in total. The number of aromatic nitrogens is 4. The predicted molar refractivity (Wildman–Crippen MR) is 228 cm³/mol. The van der Waals surface area contributed by atoms with E-state index in [9.17, 15) is 19.2 Å². The third-order valence-corrected chi connectivity index (χ3v) is 12.1. The molecule has 5 heterocycles. The van der Waals surface area contributed by atoms with E-state index in [-0.39, 0.29) is 36.2 Å². The van der Waals surface area contributed by atoms with E-state index in [1.165, 1.54) is 14.2 Å². The van der Waals surface area contributed by atoms with Gasteiger partial charge in [0.15, 0.2) is 5.79 Å². The Hall–Kier alpha value is -5.78. The van der Waals surface area contributed by atoms with Crippen molar-refractivity contribution < 1.29 is 42.9 Å². The molecule has 0 bridgehead atoms. The van der Waals surface area contributed by atoms with E-state index in [1.807, 2.05) is 62.1 Å². The number of methoxy groups -OCH3 is 2. The van der Waals surface area contributed by atoms with Crippen LogP contribution in [0.15, 0.2) is 60.9 Å². The van der Waals surface area contributed by atoms with Crippen LogP contribution in [-0.2, 0) is 33.3 Å². The van der Waals surface area contributed by atoms with Gasteiger partial charge in [-0.05, 0) is 73.6 Å². The van der Waals surface area contributed by atoms with Crippen LogP contribution in [0.5, 0.6) is 0 Å². The summed E-state index contributed by atoms with van der Waals surface area (Å²) in [6.07, 6.45) is 5.21. The van der Waals surface area contributed by atoms with Gasteiger partial charge in [-0.2, -0.15) is 0 Å². The van der Waals surface area contributed by atoms with Gasteiger partial charge in [-0.1, -0.05) is 62.4 Å². The topological polar surface area (TPSA) is 202 Å². The van der Waals surface area contributed by atoms with Gasteiger partial charge in [-0.15, -0.1) is 0 Å². The molecular formula is C45H58N8O9. The number of imidazole rings is 2. The molecule has 62 heavy (non-hydrogen) atoms. The van der Waals surface area contributed by atoms with E-state index in [2.05, 4.69) is 37.7 Å². The van der Waals surface area contributed by atoms with Crippen LogP contribution in [0.2, 0.25) is 0 Å². The summed E-state index contributed by atoms with van der Waals surface area (Å²) in [5.41, 5.74) is 5.56. The third-order valence-electron chi connectivity index (χ3n) is 12.1. The van der Waals surface area contributed by atoms with Gasteiger partial charge in [0.2, 0.25) is 11.8 Å². The van der Waals surface area contributed by atoms with E-state index in [4.69, 9.17) is 28.7 Å². The predicted octanol–water partition coefficient (Wildman–Crippen LogP) is 5.98. The van der Waals surface area contributed by atoms with Crippen LogP contribution < -0.4 is 10.6 Å².